The van der Waals surface area contributed by atoms with Gasteiger partial charge in [-0.2, -0.15) is 5.26 Å². The molecule has 0 saturated heterocycles. The van der Waals surface area contributed by atoms with Crippen LogP contribution >= 0.6 is 11.8 Å². The fourth-order valence-electron chi connectivity index (χ4n) is 1.88. The first kappa shape index (κ1) is 18.3. The number of nitriles is 1. The van der Waals surface area contributed by atoms with E-state index in [1.54, 1.807) is 36.5 Å². The van der Waals surface area contributed by atoms with E-state index in [1.807, 2.05) is 0 Å². The molecule has 0 bridgehead atoms. The van der Waals surface area contributed by atoms with Crippen LogP contribution in [0.25, 0.3) is 0 Å². The van der Waals surface area contributed by atoms with Crippen LogP contribution in [0, 0.1) is 17.3 Å². The second-order valence-electron chi connectivity index (χ2n) is 4.67. The van der Waals surface area contributed by atoms with Gasteiger partial charge < -0.3 is 10.1 Å². The second-order valence-corrected chi connectivity index (χ2v) is 5.63. The van der Waals surface area contributed by atoms with E-state index in [1.165, 1.54) is 25.3 Å². The molecule has 25 heavy (non-hydrogen) atoms. The van der Waals surface area contributed by atoms with Crippen LogP contribution in [0.1, 0.15) is 0 Å². The maximum atomic E-state index is 13.2. The van der Waals surface area contributed by atoms with Gasteiger partial charge in [-0.3, -0.25) is 10.1 Å². The Morgan fingerprint density at radius 3 is 2.84 bits per heavy atom. The Balaban J connectivity index is 2.01. The standard InChI is InChI=1S/C17H15FN4O2S/c1-24-15-8-3-2-7-14(15)22-16(23)10-25-17(20-11-19)21-13-6-4-5-12(18)9-13/h2-9H,10H2,1H3,(H,20,21)(H,22,23). The van der Waals surface area contributed by atoms with Crippen molar-refractivity contribution in [2.75, 3.05) is 18.2 Å². The summed E-state index contributed by atoms with van der Waals surface area (Å²) in [6.07, 6.45) is 1.75. The third kappa shape index (κ3) is 5.82. The SMILES string of the molecule is COc1ccccc1NC(=O)CSC(=Nc1cccc(F)c1)NC#N. The molecule has 2 N–H and O–H groups in total. The Labute approximate surface area is 148 Å². The second kappa shape index (κ2) is 9.30. The molecule has 0 aliphatic heterocycles. The number of amides is 1. The highest BCUT2D eigenvalue weighted by Crippen LogP contribution is 2.23. The fourth-order valence-corrected chi connectivity index (χ4v) is 2.50. The zero-order chi connectivity index (χ0) is 18.1. The Morgan fingerprint density at radius 1 is 1.32 bits per heavy atom. The minimum absolute atomic E-state index is 0.0148. The number of nitrogens with zero attached hydrogens (tertiary/aromatic N) is 2. The van der Waals surface area contributed by atoms with Gasteiger partial charge in [0.15, 0.2) is 11.4 Å². The topological polar surface area (TPSA) is 86.5 Å². The zero-order valence-electron chi connectivity index (χ0n) is 13.3. The number of carbonyl (C=O) groups is 1. The van der Waals surface area contributed by atoms with E-state index >= 15 is 0 Å². The number of thioether (sulfide) groups is 1. The molecule has 0 aromatic heterocycles. The maximum absolute atomic E-state index is 13.2. The molecule has 0 aliphatic rings. The van der Waals surface area contributed by atoms with Gasteiger partial charge in [-0.15, -0.1) is 0 Å². The Kier molecular flexibility index (Phi) is 6.80. The molecule has 6 nitrogen and oxygen atoms in total. The summed E-state index contributed by atoms with van der Waals surface area (Å²) >= 11 is 1.03. The molecule has 2 aromatic carbocycles. The molecule has 0 unspecified atom stereocenters. The summed E-state index contributed by atoms with van der Waals surface area (Å²) in [5, 5.41) is 14.1. The van der Waals surface area contributed by atoms with E-state index in [0.717, 1.165) is 11.8 Å². The van der Waals surface area contributed by atoms with Gasteiger partial charge in [0.25, 0.3) is 0 Å². The largest absolute Gasteiger partial charge is 0.495 e. The Hall–Kier alpha value is -3.05. The Morgan fingerprint density at radius 2 is 2.12 bits per heavy atom. The first-order valence-corrected chi connectivity index (χ1v) is 8.16. The number of ether oxygens (including phenoxy) is 1. The highest BCUT2D eigenvalue weighted by atomic mass is 32.2. The lowest BCUT2D eigenvalue weighted by Crippen LogP contribution is -2.20. The summed E-state index contributed by atoms with van der Waals surface area (Å²) in [6, 6.07) is 12.7. The molecule has 0 heterocycles. The molecule has 8 heteroatoms. The van der Waals surface area contributed by atoms with E-state index in [4.69, 9.17) is 10.00 Å². The van der Waals surface area contributed by atoms with E-state index in [-0.39, 0.29) is 16.8 Å². The van der Waals surface area contributed by atoms with Gasteiger partial charge in [0.05, 0.1) is 24.2 Å². The molecule has 1 amide bonds. The van der Waals surface area contributed by atoms with Crippen molar-refractivity contribution in [2.24, 2.45) is 4.99 Å². The van der Waals surface area contributed by atoms with Crippen molar-refractivity contribution < 1.29 is 13.9 Å². The van der Waals surface area contributed by atoms with Crippen LogP contribution in [0.2, 0.25) is 0 Å². The van der Waals surface area contributed by atoms with Gasteiger partial charge in [0.1, 0.15) is 11.6 Å². The minimum atomic E-state index is -0.434. The van der Waals surface area contributed by atoms with E-state index < -0.39 is 5.82 Å². The number of para-hydroxylation sites is 2. The van der Waals surface area contributed by atoms with E-state index in [9.17, 15) is 9.18 Å². The number of anilines is 1. The number of rotatable bonds is 5. The van der Waals surface area contributed by atoms with Gasteiger partial charge in [-0.05, 0) is 30.3 Å². The number of aliphatic imine (C=N–C) groups is 1. The molecule has 2 aromatic rings. The van der Waals surface area contributed by atoms with Crippen LogP contribution in [0.3, 0.4) is 0 Å². The number of amidine groups is 1. The van der Waals surface area contributed by atoms with Crippen molar-refractivity contribution in [1.82, 2.24) is 5.32 Å². The van der Waals surface area contributed by atoms with Crippen LogP contribution in [0.5, 0.6) is 5.75 Å². The maximum Gasteiger partial charge on any atom is 0.234 e. The molecule has 0 saturated carbocycles. The average Bonchev–Trinajstić information content (AvgIpc) is 2.60. The molecule has 0 spiro atoms. The lowest BCUT2D eigenvalue weighted by Gasteiger charge is -2.09. The number of hydrogen-bond donors (Lipinski definition) is 2. The summed E-state index contributed by atoms with van der Waals surface area (Å²) in [6.45, 7) is 0. The molecule has 2 rings (SSSR count). The predicted octanol–water partition coefficient (Wildman–Crippen LogP) is 3.26. The molecule has 0 atom stereocenters. The van der Waals surface area contributed by atoms with Gasteiger partial charge >= 0.3 is 0 Å². The molecule has 128 valence electrons. The molecular formula is C17H15FN4O2S. The number of methoxy groups -OCH3 is 1. The lowest BCUT2D eigenvalue weighted by atomic mass is 10.3. The van der Waals surface area contributed by atoms with Crippen molar-refractivity contribution >= 4 is 34.2 Å². The third-order valence-electron chi connectivity index (χ3n) is 2.92. The van der Waals surface area contributed by atoms with Crippen LogP contribution in [-0.4, -0.2) is 23.9 Å². The minimum Gasteiger partial charge on any atom is -0.495 e. The van der Waals surface area contributed by atoms with Crippen molar-refractivity contribution in [3.63, 3.8) is 0 Å². The van der Waals surface area contributed by atoms with Crippen molar-refractivity contribution in [1.29, 1.82) is 5.26 Å². The highest BCUT2D eigenvalue weighted by Gasteiger charge is 2.09. The lowest BCUT2D eigenvalue weighted by molar-refractivity contribution is -0.113. The third-order valence-corrected chi connectivity index (χ3v) is 3.80. The first-order valence-electron chi connectivity index (χ1n) is 7.17. The Bertz CT molecular complexity index is 820. The monoisotopic (exact) mass is 358 g/mol. The van der Waals surface area contributed by atoms with Crippen LogP contribution in [-0.2, 0) is 4.79 Å². The first-order chi connectivity index (χ1) is 12.1. The summed E-state index contributed by atoms with van der Waals surface area (Å²) in [5.41, 5.74) is 0.892. The molecule has 0 aliphatic carbocycles. The zero-order valence-corrected chi connectivity index (χ0v) is 14.1. The quantitative estimate of drug-likeness (QED) is 0.371. The van der Waals surface area contributed by atoms with Crippen molar-refractivity contribution in [3.8, 4) is 11.9 Å². The number of hydrogen-bond acceptors (Lipinski definition) is 5. The molecule has 0 fully saturated rings. The normalized spacial score (nSPS) is 10.7. The molecular weight excluding hydrogens is 343 g/mol. The van der Waals surface area contributed by atoms with Crippen LogP contribution < -0.4 is 15.4 Å². The number of carbonyl (C=O) groups excluding carboxylic acids is 1. The number of halogens is 1. The van der Waals surface area contributed by atoms with E-state index in [2.05, 4.69) is 15.6 Å². The smallest absolute Gasteiger partial charge is 0.234 e. The molecule has 0 radical (unpaired) electrons. The summed E-state index contributed by atoms with van der Waals surface area (Å²) < 4.78 is 18.4. The summed E-state index contributed by atoms with van der Waals surface area (Å²) in [7, 11) is 1.51. The van der Waals surface area contributed by atoms with Crippen LogP contribution in [0.4, 0.5) is 15.8 Å². The van der Waals surface area contributed by atoms with Gasteiger partial charge in [0.2, 0.25) is 5.91 Å². The van der Waals surface area contributed by atoms with Gasteiger partial charge in [-0.25, -0.2) is 9.38 Å². The predicted molar refractivity (Wildman–Crippen MR) is 96.3 cm³/mol. The highest BCUT2D eigenvalue weighted by molar-refractivity contribution is 8.14. The van der Waals surface area contributed by atoms with Gasteiger partial charge in [0, 0.05) is 0 Å². The average molecular weight is 358 g/mol. The number of benzene rings is 2. The van der Waals surface area contributed by atoms with Crippen molar-refractivity contribution in [2.45, 2.75) is 0 Å². The van der Waals surface area contributed by atoms with E-state index in [0.29, 0.717) is 17.1 Å². The van der Waals surface area contributed by atoms with Gasteiger partial charge in [-0.1, -0.05) is 30.0 Å². The summed E-state index contributed by atoms with van der Waals surface area (Å²) in [5.74, 6) is -0.164. The summed E-state index contributed by atoms with van der Waals surface area (Å²) in [4.78, 5) is 16.2. The fraction of sp³-hybridized carbons (Fsp3) is 0.118. The van der Waals surface area contributed by atoms with Crippen LogP contribution in [0.15, 0.2) is 53.5 Å². The number of nitrogens with one attached hydrogen (secondary N) is 2. The van der Waals surface area contributed by atoms with Crippen molar-refractivity contribution in [3.05, 3.63) is 54.3 Å².